The highest BCUT2D eigenvalue weighted by Crippen LogP contribution is 2.20. The highest BCUT2D eigenvalue weighted by Gasteiger charge is 2.25. The fourth-order valence-corrected chi connectivity index (χ4v) is 4.37. The fraction of sp³-hybridized carbons (Fsp3) is 0.611. The Labute approximate surface area is 150 Å². The van der Waals surface area contributed by atoms with Crippen LogP contribution in [0.3, 0.4) is 0 Å². The summed E-state index contributed by atoms with van der Waals surface area (Å²) in [5, 5.41) is 2.81. The molecule has 140 valence electrons. The lowest BCUT2D eigenvalue weighted by Crippen LogP contribution is -2.44. The van der Waals surface area contributed by atoms with Crippen molar-refractivity contribution in [3.05, 3.63) is 29.8 Å². The Morgan fingerprint density at radius 2 is 1.80 bits per heavy atom. The van der Waals surface area contributed by atoms with E-state index in [2.05, 4.69) is 5.32 Å². The van der Waals surface area contributed by atoms with Gasteiger partial charge in [0.2, 0.25) is 15.9 Å². The van der Waals surface area contributed by atoms with Crippen LogP contribution in [0.2, 0.25) is 0 Å². The summed E-state index contributed by atoms with van der Waals surface area (Å²) in [6.45, 7) is 5.47. The van der Waals surface area contributed by atoms with E-state index < -0.39 is 16.1 Å². The lowest BCUT2D eigenvalue weighted by molar-refractivity contribution is -0.123. The molecule has 1 aliphatic rings. The first-order valence-corrected chi connectivity index (χ1v) is 10.4. The number of amides is 1. The summed E-state index contributed by atoms with van der Waals surface area (Å²) in [6.07, 6.45) is 3.76. The summed E-state index contributed by atoms with van der Waals surface area (Å²) < 4.78 is 26.8. The van der Waals surface area contributed by atoms with Crippen LogP contribution in [0.25, 0.3) is 0 Å². The number of hydrogen-bond donors (Lipinski definition) is 2. The van der Waals surface area contributed by atoms with Gasteiger partial charge < -0.3 is 11.1 Å². The van der Waals surface area contributed by atoms with Crippen LogP contribution in [0, 0.1) is 5.92 Å². The maximum absolute atomic E-state index is 12.6. The van der Waals surface area contributed by atoms with Gasteiger partial charge in [-0.05, 0) is 36.5 Å². The Hall–Kier alpha value is -1.44. The summed E-state index contributed by atoms with van der Waals surface area (Å²) in [5.41, 5.74) is 6.75. The monoisotopic (exact) mass is 367 g/mol. The molecule has 0 bridgehead atoms. The largest absolute Gasteiger partial charge is 0.351 e. The Bertz CT molecular complexity index is 667. The van der Waals surface area contributed by atoms with Gasteiger partial charge in [-0.3, -0.25) is 4.79 Å². The van der Waals surface area contributed by atoms with Crippen molar-refractivity contribution in [2.45, 2.75) is 57.0 Å². The van der Waals surface area contributed by atoms with Crippen molar-refractivity contribution in [2.24, 2.45) is 11.7 Å². The number of carbonyl (C=O) groups excluding carboxylic acids is 1. The second kappa shape index (κ2) is 8.78. The average molecular weight is 368 g/mol. The maximum Gasteiger partial charge on any atom is 0.243 e. The van der Waals surface area contributed by atoms with Gasteiger partial charge in [-0.15, -0.1) is 0 Å². The third kappa shape index (κ3) is 5.03. The van der Waals surface area contributed by atoms with Crippen LogP contribution in [0.15, 0.2) is 29.2 Å². The molecule has 2 unspecified atom stereocenters. The molecule has 1 heterocycles. The molecule has 6 nitrogen and oxygen atoms in total. The number of hydrogen-bond acceptors (Lipinski definition) is 4. The van der Waals surface area contributed by atoms with E-state index in [0.717, 1.165) is 31.2 Å². The molecule has 2 atom stereocenters. The second-order valence-corrected chi connectivity index (χ2v) is 8.68. The normalized spacial score (nSPS) is 18.5. The molecule has 0 aliphatic carbocycles. The zero-order valence-corrected chi connectivity index (χ0v) is 15.9. The van der Waals surface area contributed by atoms with Crippen LogP contribution in [-0.2, 0) is 21.4 Å². The maximum atomic E-state index is 12.6. The van der Waals surface area contributed by atoms with E-state index in [4.69, 9.17) is 5.73 Å². The minimum absolute atomic E-state index is 0.122. The predicted octanol–water partition coefficient (Wildman–Crippen LogP) is 1.85. The molecule has 1 amide bonds. The predicted molar refractivity (Wildman–Crippen MR) is 98.3 cm³/mol. The van der Waals surface area contributed by atoms with Gasteiger partial charge in [-0.2, -0.15) is 4.31 Å². The molecular weight excluding hydrogens is 338 g/mol. The van der Waals surface area contributed by atoms with Crippen molar-refractivity contribution in [3.8, 4) is 0 Å². The summed E-state index contributed by atoms with van der Waals surface area (Å²) in [5.74, 6) is -0.0589. The van der Waals surface area contributed by atoms with Crippen molar-refractivity contribution in [3.63, 3.8) is 0 Å². The number of sulfonamides is 1. The summed E-state index contributed by atoms with van der Waals surface area (Å²) in [7, 11) is -3.41. The number of rotatable bonds is 7. The first kappa shape index (κ1) is 19.9. The quantitative estimate of drug-likeness (QED) is 0.769. The molecule has 3 N–H and O–H groups in total. The number of nitrogens with one attached hydrogen (secondary N) is 1. The van der Waals surface area contributed by atoms with Crippen molar-refractivity contribution >= 4 is 15.9 Å². The van der Waals surface area contributed by atoms with Crippen LogP contribution in [0.1, 0.15) is 45.1 Å². The molecule has 0 spiro atoms. The second-order valence-electron chi connectivity index (χ2n) is 6.74. The first-order valence-electron chi connectivity index (χ1n) is 8.98. The van der Waals surface area contributed by atoms with E-state index >= 15 is 0 Å². The molecule has 7 heteroatoms. The third-order valence-corrected chi connectivity index (χ3v) is 6.82. The molecule has 1 fully saturated rings. The van der Waals surface area contributed by atoms with Crippen molar-refractivity contribution in [1.82, 2.24) is 9.62 Å². The van der Waals surface area contributed by atoms with Gasteiger partial charge in [-0.1, -0.05) is 38.8 Å². The van der Waals surface area contributed by atoms with Gasteiger partial charge in [0.25, 0.3) is 0 Å². The van der Waals surface area contributed by atoms with Gasteiger partial charge in [0.15, 0.2) is 0 Å². The molecule has 0 saturated carbocycles. The molecule has 0 radical (unpaired) electrons. The molecule has 1 aliphatic heterocycles. The molecule has 25 heavy (non-hydrogen) atoms. The van der Waals surface area contributed by atoms with Crippen LogP contribution in [0.4, 0.5) is 0 Å². The van der Waals surface area contributed by atoms with Crippen molar-refractivity contribution < 1.29 is 13.2 Å². The lowest BCUT2D eigenvalue weighted by atomic mass is 9.99. The summed E-state index contributed by atoms with van der Waals surface area (Å²) >= 11 is 0. The fourth-order valence-electron chi connectivity index (χ4n) is 2.85. The molecular formula is C18H29N3O3S. The summed E-state index contributed by atoms with van der Waals surface area (Å²) in [6, 6.07) is 6.18. The van der Waals surface area contributed by atoms with Crippen molar-refractivity contribution in [1.29, 1.82) is 0 Å². The molecule has 0 aromatic heterocycles. The molecule has 1 aromatic carbocycles. The van der Waals surface area contributed by atoms with Gasteiger partial charge in [0, 0.05) is 19.6 Å². The van der Waals surface area contributed by atoms with Crippen LogP contribution in [-0.4, -0.2) is 37.8 Å². The van der Waals surface area contributed by atoms with Gasteiger partial charge in [-0.25, -0.2) is 8.42 Å². The standard InChI is InChI=1S/C18H29N3O3S/c1-3-14(2)17(19)18(22)20-13-15-7-9-16(10-8-15)25(23,24)21-11-5-4-6-12-21/h7-10,14,17H,3-6,11-13,19H2,1-2H3,(H,20,22). The zero-order chi connectivity index (χ0) is 18.4. The minimum Gasteiger partial charge on any atom is -0.351 e. The molecule has 1 saturated heterocycles. The Morgan fingerprint density at radius 1 is 1.20 bits per heavy atom. The smallest absolute Gasteiger partial charge is 0.243 e. The van der Waals surface area contributed by atoms with Crippen LogP contribution >= 0.6 is 0 Å². The van der Waals surface area contributed by atoms with E-state index in [1.165, 1.54) is 0 Å². The Morgan fingerprint density at radius 3 is 2.36 bits per heavy atom. The molecule has 1 aromatic rings. The molecule has 2 rings (SSSR count). The number of benzene rings is 1. The number of nitrogens with zero attached hydrogens (tertiary/aromatic N) is 1. The topological polar surface area (TPSA) is 92.5 Å². The lowest BCUT2D eigenvalue weighted by Gasteiger charge is -2.25. The average Bonchev–Trinajstić information content (AvgIpc) is 2.65. The van der Waals surface area contributed by atoms with E-state index in [1.807, 2.05) is 13.8 Å². The Kier molecular flexibility index (Phi) is 6.98. The van der Waals surface area contributed by atoms with Gasteiger partial charge in [0.1, 0.15) is 0 Å². The SMILES string of the molecule is CCC(C)C(N)C(=O)NCc1ccc(S(=O)(=O)N2CCCCC2)cc1. The van der Waals surface area contributed by atoms with E-state index in [0.29, 0.717) is 24.5 Å². The van der Waals surface area contributed by atoms with Crippen molar-refractivity contribution in [2.75, 3.05) is 13.1 Å². The third-order valence-electron chi connectivity index (χ3n) is 4.90. The van der Waals surface area contributed by atoms with Gasteiger partial charge in [0.05, 0.1) is 10.9 Å². The number of piperidine rings is 1. The Balaban J connectivity index is 1.96. The van der Waals surface area contributed by atoms with E-state index in [-0.39, 0.29) is 11.8 Å². The van der Waals surface area contributed by atoms with E-state index in [9.17, 15) is 13.2 Å². The number of nitrogens with two attached hydrogens (primary N) is 1. The zero-order valence-electron chi connectivity index (χ0n) is 15.1. The van der Waals surface area contributed by atoms with Crippen LogP contribution in [0.5, 0.6) is 0 Å². The minimum atomic E-state index is -3.41. The number of carbonyl (C=O) groups is 1. The highest BCUT2D eigenvalue weighted by molar-refractivity contribution is 7.89. The first-order chi connectivity index (χ1) is 11.9. The highest BCUT2D eigenvalue weighted by atomic mass is 32.2. The van der Waals surface area contributed by atoms with Gasteiger partial charge >= 0.3 is 0 Å². The summed E-state index contributed by atoms with van der Waals surface area (Å²) in [4.78, 5) is 12.3. The van der Waals surface area contributed by atoms with Crippen LogP contribution < -0.4 is 11.1 Å². The van der Waals surface area contributed by atoms with E-state index in [1.54, 1.807) is 28.6 Å².